The van der Waals surface area contributed by atoms with Gasteiger partial charge in [-0.15, -0.1) is 0 Å². The molecule has 2 aromatic rings. The van der Waals surface area contributed by atoms with Crippen molar-refractivity contribution in [3.05, 3.63) is 59.8 Å². The number of carbonyl (C=O) groups is 1. The van der Waals surface area contributed by atoms with E-state index in [4.69, 9.17) is 5.11 Å². The van der Waals surface area contributed by atoms with Crippen LogP contribution >= 0.6 is 0 Å². The minimum atomic E-state index is -0.921. The maximum absolute atomic E-state index is 10.8. The number of H-pyrrole nitrogens is 1. The molecule has 1 aromatic carbocycles. The largest absolute Gasteiger partial charge is 0.478 e. The van der Waals surface area contributed by atoms with Crippen molar-refractivity contribution in [3.8, 4) is 0 Å². The van der Waals surface area contributed by atoms with Gasteiger partial charge < -0.3 is 10.1 Å². The van der Waals surface area contributed by atoms with Crippen LogP contribution in [0.4, 0.5) is 0 Å². The zero-order valence-electron chi connectivity index (χ0n) is 15.9. The zero-order chi connectivity index (χ0) is 19.0. The number of rotatable bonds is 7. The first-order valence-electron chi connectivity index (χ1n) is 9.97. The van der Waals surface area contributed by atoms with Crippen molar-refractivity contribution in [1.82, 2.24) is 9.88 Å². The number of allylic oxidation sites excluding steroid dienone is 2. The van der Waals surface area contributed by atoms with Crippen LogP contribution in [-0.2, 0) is 11.2 Å². The Balaban J connectivity index is 1.62. The maximum atomic E-state index is 10.8. The Kier molecular flexibility index (Phi) is 4.92. The van der Waals surface area contributed by atoms with Gasteiger partial charge in [-0.1, -0.05) is 36.4 Å². The van der Waals surface area contributed by atoms with Crippen LogP contribution in [0.3, 0.4) is 0 Å². The van der Waals surface area contributed by atoms with Crippen LogP contribution in [0.15, 0.2) is 48.6 Å². The number of nitrogens with zero attached hydrogens (tertiary/aromatic N) is 1. The molecular formula is C23H28N2O2. The van der Waals surface area contributed by atoms with Gasteiger partial charge in [-0.05, 0) is 56.6 Å². The molecule has 4 rings (SSSR count). The maximum Gasteiger partial charge on any atom is 0.328 e. The number of aliphatic carboxylic acids is 1. The van der Waals surface area contributed by atoms with Gasteiger partial charge in [-0.3, -0.25) is 4.90 Å². The second-order valence-corrected chi connectivity index (χ2v) is 8.14. The highest BCUT2D eigenvalue weighted by molar-refractivity contribution is 5.85. The van der Waals surface area contributed by atoms with Crippen LogP contribution in [0, 0.1) is 5.92 Å². The molecule has 0 saturated heterocycles. The number of aromatic nitrogens is 1. The molecule has 1 aromatic heterocycles. The van der Waals surface area contributed by atoms with Crippen LogP contribution in [-0.4, -0.2) is 33.5 Å². The number of fused-ring (bicyclic) bond motifs is 3. The van der Waals surface area contributed by atoms with Crippen LogP contribution in [0.5, 0.6) is 0 Å². The van der Waals surface area contributed by atoms with E-state index in [-0.39, 0.29) is 0 Å². The molecular weight excluding hydrogens is 336 g/mol. The summed E-state index contributed by atoms with van der Waals surface area (Å²) in [5, 5.41) is 10.2. The van der Waals surface area contributed by atoms with Gasteiger partial charge in [-0.2, -0.15) is 0 Å². The average molecular weight is 364 g/mol. The SMILES string of the molecule is C=C(/C=C/C(=O)O)CCC1c2[nH]c3ccccc3c2CC(C)N1CC1CC1. The Morgan fingerprint density at radius 3 is 2.85 bits per heavy atom. The van der Waals surface area contributed by atoms with E-state index < -0.39 is 5.97 Å². The smallest absolute Gasteiger partial charge is 0.328 e. The number of carboxylic acid groups (broad SMARTS) is 1. The van der Waals surface area contributed by atoms with E-state index in [1.165, 1.54) is 41.1 Å². The molecule has 2 unspecified atom stereocenters. The summed E-state index contributed by atoms with van der Waals surface area (Å²) in [7, 11) is 0. The summed E-state index contributed by atoms with van der Waals surface area (Å²) < 4.78 is 0. The molecule has 0 spiro atoms. The quantitative estimate of drug-likeness (QED) is 0.546. The number of benzene rings is 1. The number of nitrogens with one attached hydrogen (secondary N) is 1. The number of hydrogen-bond acceptors (Lipinski definition) is 2. The molecule has 2 atom stereocenters. The summed E-state index contributed by atoms with van der Waals surface area (Å²) in [4.78, 5) is 17.1. The first-order valence-corrected chi connectivity index (χ1v) is 9.97. The number of hydrogen-bond donors (Lipinski definition) is 2. The third-order valence-electron chi connectivity index (χ3n) is 6.01. The van der Waals surface area contributed by atoms with Crippen molar-refractivity contribution in [1.29, 1.82) is 0 Å². The van der Waals surface area contributed by atoms with Gasteiger partial charge in [0.1, 0.15) is 0 Å². The molecule has 0 amide bonds. The molecule has 1 saturated carbocycles. The Morgan fingerprint density at radius 1 is 1.33 bits per heavy atom. The molecule has 1 aliphatic heterocycles. The second kappa shape index (κ2) is 7.35. The lowest BCUT2D eigenvalue weighted by Gasteiger charge is -2.41. The molecule has 27 heavy (non-hydrogen) atoms. The third kappa shape index (κ3) is 3.86. The Bertz CT molecular complexity index is 891. The van der Waals surface area contributed by atoms with E-state index in [2.05, 4.69) is 47.7 Å². The van der Waals surface area contributed by atoms with E-state index in [0.29, 0.717) is 12.1 Å². The summed E-state index contributed by atoms with van der Waals surface area (Å²) in [6.07, 6.45) is 8.36. The van der Waals surface area contributed by atoms with Crippen molar-refractivity contribution < 1.29 is 9.90 Å². The average Bonchev–Trinajstić information content (AvgIpc) is 3.39. The second-order valence-electron chi connectivity index (χ2n) is 8.14. The van der Waals surface area contributed by atoms with E-state index >= 15 is 0 Å². The highest BCUT2D eigenvalue weighted by Crippen LogP contribution is 2.42. The number of aromatic amines is 1. The lowest BCUT2D eigenvalue weighted by molar-refractivity contribution is -0.131. The highest BCUT2D eigenvalue weighted by Gasteiger charge is 2.37. The monoisotopic (exact) mass is 364 g/mol. The van der Waals surface area contributed by atoms with Gasteiger partial charge in [-0.25, -0.2) is 4.79 Å². The summed E-state index contributed by atoms with van der Waals surface area (Å²) >= 11 is 0. The molecule has 4 heteroatoms. The molecule has 0 radical (unpaired) electrons. The van der Waals surface area contributed by atoms with Gasteiger partial charge in [0.25, 0.3) is 0 Å². The molecule has 4 nitrogen and oxygen atoms in total. The summed E-state index contributed by atoms with van der Waals surface area (Å²) in [5.74, 6) is -0.0771. The number of para-hydroxylation sites is 1. The van der Waals surface area contributed by atoms with Crippen molar-refractivity contribution in [2.24, 2.45) is 5.92 Å². The van der Waals surface area contributed by atoms with Crippen molar-refractivity contribution >= 4 is 16.9 Å². The van der Waals surface area contributed by atoms with E-state index in [1.54, 1.807) is 6.08 Å². The normalized spacial score (nSPS) is 23.0. The summed E-state index contributed by atoms with van der Waals surface area (Å²) in [6.45, 7) is 7.56. The van der Waals surface area contributed by atoms with E-state index in [9.17, 15) is 4.79 Å². The molecule has 1 aliphatic carbocycles. The zero-order valence-corrected chi connectivity index (χ0v) is 15.9. The molecule has 2 heterocycles. The molecule has 2 N–H and O–H groups in total. The van der Waals surface area contributed by atoms with Gasteiger partial charge >= 0.3 is 5.97 Å². The van der Waals surface area contributed by atoms with Crippen LogP contribution in [0.25, 0.3) is 10.9 Å². The van der Waals surface area contributed by atoms with Crippen LogP contribution in [0.1, 0.15) is 49.9 Å². The standard InChI is InChI=1S/C23H28N2O2/c1-15(8-12-22(26)27)7-11-21-23-19(18-5-3-4-6-20(18)24-23)13-16(2)25(21)14-17-9-10-17/h3-6,8,12,16-17,21,24H,1,7,9-11,13-14H2,2H3,(H,26,27)/b12-8+. The molecule has 0 bridgehead atoms. The Morgan fingerprint density at radius 2 is 2.11 bits per heavy atom. The summed E-state index contributed by atoms with van der Waals surface area (Å²) in [6, 6.07) is 9.44. The number of carboxylic acids is 1. The molecule has 2 aliphatic rings. The highest BCUT2D eigenvalue weighted by atomic mass is 16.4. The lowest BCUT2D eigenvalue weighted by atomic mass is 9.89. The van der Waals surface area contributed by atoms with E-state index in [0.717, 1.165) is 37.3 Å². The fourth-order valence-corrected chi connectivity index (χ4v) is 4.42. The van der Waals surface area contributed by atoms with Gasteiger partial charge in [0.2, 0.25) is 0 Å². The van der Waals surface area contributed by atoms with Crippen LogP contribution in [0.2, 0.25) is 0 Å². The minimum Gasteiger partial charge on any atom is -0.478 e. The predicted octanol–water partition coefficient (Wildman–Crippen LogP) is 4.84. The van der Waals surface area contributed by atoms with Crippen molar-refractivity contribution in [3.63, 3.8) is 0 Å². The van der Waals surface area contributed by atoms with Crippen molar-refractivity contribution in [2.45, 2.75) is 51.1 Å². The van der Waals surface area contributed by atoms with Gasteiger partial charge in [0.15, 0.2) is 0 Å². The molecule has 142 valence electrons. The fourth-order valence-electron chi connectivity index (χ4n) is 4.42. The lowest BCUT2D eigenvalue weighted by Crippen LogP contribution is -2.43. The Hall–Kier alpha value is -2.33. The molecule has 1 fully saturated rings. The topological polar surface area (TPSA) is 56.3 Å². The van der Waals surface area contributed by atoms with Gasteiger partial charge in [0.05, 0.1) is 6.04 Å². The first kappa shape index (κ1) is 18.1. The minimum absolute atomic E-state index is 0.340. The van der Waals surface area contributed by atoms with Crippen LogP contribution < -0.4 is 0 Å². The third-order valence-corrected chi connectivity index (χ3v) is 6.01. The Labute approximate surface area is 160 Å². The fraction of sp³-hybridized carbons (Fsp3) is 0.435. The van der Waals surface area contributed by atoms with Crippen molar-refractivity contribution in [2.75, 3.05) is 6.54 Å². The first-order chi connectivity index (χ1) is 13.0. The predicted molar refractivity (Wildman–Crippen MR) is 109 cm³/mol. The summed E-state index contributed by atoms with van der Waals surface area (Å²) in [5.41, 5.74) is 4.91. The van der Waals surface area contributed by atoms with E-state index in [1.807, 2.05) is 0 Å². The van der Waals surface area contributed by atoms with Gasteiger partial charge in [0, 0.05) is 35.3 Å².